The molecule has 0 atom stereocenters. The zero-order chi connectivity index (χ0) is 23.3. The molecule has 5 nitrogen and oxygen atoms in total. The Labute approximate surface area is 196 Å². The van der Waals surface area contributed by atoms with Gasteiger partial charge < -0.3 is 18.9 Å². The monoisotopic (exact) mass is 476 g/mol. The normalized spacial score (nSPS) is 11.1. The average molecular weight is 477 g/mol. The fraction of sp³-hybridized carbons (Fsp3) is 0.708. The van der Waals surface area contributed by atoms with Crippen LogP contribution < -0.4 is 0 Å². The minimum Gasteiger partial charge on any atom is -0.460 e. The maximum atomic E-state index is 13.1. The summed E-state index contributed by atoms with van der Waals surface area (Å²) in [7, 11) is 0. The van der Waals surface area contributed by atoms with E-state index in [4.69, 9.17) is 18.9 Å². The summed E-state index contributed by atoms with van der Waals surface area (Å²) in [5, 5.41) is 0. The molecule has 0 aliphatic rings. The maximum absolute atomic E-state index is 13.1. The molecule has 0 bridgehead atoms. The summed E-state index contributed by atoms with van der Waals surface area (Å²) in [6, 6.07) is 2.87. The minimum atomic E-state index is -1.08. The first kappa shape index (κ1) is 28.8. The molecule has 0 aromatic heterocycles. The smallest absolute Gasteiger partial charge is 0.338 e. The highest BCUT2D eigenvalue weighted by Crippen LogP contribution is 2.11. The van der Waals surface area contributed by atoms with Gasteiger partial charge in [0.1, 0.15) is 6.61 Å². The molecule has 0 heterocycles. The van der Waals surface area contributed by atoms with Crippen molar-refractivity contribution in [2.45, 2.75) is 57.8 Å². The summed E-state index contributed by atoms with van der Waals surface area (Å²) in [6.45, 7) is 2.87. The summed E-state index contributed by atoms with van der Waals surface area (Å²) in [6.07, 6.45) is 11.4. The molecule has 32 heavy (non-hydrogen) atoms. The van der Waals surface area contributed by atoms with Crippen LogP contribution in [0.5, 0.6) is 0 Å². The molecule has 0 N–H and O–H groups in total. The molecule has 0 aliphatic heterocycles. The van der Waals surface area contributed by atoms with Crippen LogP contribution in [0.1, 0.15) is 68.1 Å². The standard InChI is InChI=1S/C24H38F2O5S/c25-22-11-10-21(20-23(22)26)24(27)31-18-17-30-16-15-29-14-13-28-12-8-6-4-2-1-3-5-7-9-19-32/h10-11,20,32H,1-9,12-19H2. The van der Waals surface area contributed by atoms with Gasteiger partial charge in [0.25, 0.3) is 0 Å². The first-order valence-electron chi connectivity index (χ1n) is 11.6. The Kier molecular flexibility index (Phi) is 18.4. The molecule has 0 unspecified atom stereocenters. The topological polar surface area (TPSA) is 54.0 Å². The van der Waals surface area contributed by atoms with Gasteiger partial charge in [0.05, 0.1) is 38.6 Å². The van der Waals surface area contributed by atoms with Gasteiger partial charge in [-0.25, -0.2) is 13.6 Å². The molecule has 0 radical (unpaired) electrons. The predicted molar refractivity (Wildman–Crippen MR) is 125 cm³/mol. The highest BCUT2D eigenvalue weighted by Gasteiger charge is 2.10. The van der Waals surface area contributed by atoms with E-state index in [-0.39, 0.29) is 18.8 Å². The Bertz CT molecular complexity index is 604. The lowest BCUT2D eigenvalue weighted by Gasteiger charge is -2.08. The van der Waals surface area contributed by atoms with Gasteiger partial charge in [-0.05, 0) is 36.8 Å². The lowest BCUT2D eigenvalue weighted by Crippen LogP contribution is -2.14. The summed E-state index contributed by atoms with van der Waals surface area (Å²) < 4.78 is 47.1. The number of hydrogen-bond acceptors (Lipinski definition) is 6. The molecule has 8 heteroatoms. The van der Waals surface area contributed by atoms with E-state index in [2.05, 4.69) is 12.6 Å². The average Bonchev–Trinajstić information content (AvgIpc) is 2.79. The van der Waals surface area contributed by atoms with Crippen molar-refractivity contribution < 1.29 is 32.5 Å². The number of carbonyl (C=O) groups is 1. The number of unbranched alkanes of at least 4 members (excludes halogenated alkanes) is 8. The Balaban J connectivity index is 1.78. The number of thiol groups is 1. The molecule has 0 aliphatic carbocycles. The molecule has 0 saturated carbocycles. The maximum Gasteiger partial charge on any atom is 0.338 e. The van der Waals surface area contributed by atoms with Crippen molar-refractivity contribution in [1.82, 2.24) is 0 Å². The Morgan fingerprint density at radius 1 is 0.656 bits per heavy atom. The number of ether oxygens (including phenoxy) is 4. The van der Waals surface area contributed by atoms with Gasteiger partial charge in [0, 0.05) is 6.61 Å². The Morgan fingerprint density at radius 2 is 1.16 bits per heavy atom. The molecule has 1 aromatic rings. The van der Waals surface area contributed by atoms with Crippen molar-refractivity contribution in [2.75, 3.05) is 52.0 Å². The highest BCUT2D eigenvalue weighted by atomic mass is 32.1. The van der Waals surface area contributed by atoms with Crippen LogP contribution in [0.2, 0.25) is 0 Å². The summed E-state index contributed by atoms with van der Waals surface area (Å²) in [5.74, 6) is -1.81. The second-order valence-corrected chi connectivity index (χ2v) is 7.95. The molecular formula is C24H38F2O5S. The van der Waals surface area contributed by atoms with E-state index in [1.165, 1.54) is 57.4 Å². The summed E-state index contributed by atoms with van der Waals surface area (Å²) >= 11 is 4.22. The van der Waals surface area contributed by atoms with Gasteiger partial charge in [0.15, 0.2) is 11.6 Å². The number of hydrogen-bond donors (Lipinski definition) is 1. The van der Waals surface area contributed by atoms with Gasteiger partial charge in [-0.2, -0.15) is 12.6 Å². The van der Waals surface area contributed by atoms with Crippen LogP contribution in [0, 0.1) is 11.6 Å². The van der Waals surface area contributed by atoms with Gasteiger partial charge in [-0.1, -0.05) is 44.9 Å². The van der Waals surface area contributed by atoms with E-state index in [1.54, 1.807) is 0 Å². The fourth-order valence-electron chi connectivity index (χ4n) is 2.99. The summed E-state index contributed by atoms with van der Waals surface area (Å²) in [5.41, 5.74) is -0.0391. The third-order valence-electron chi connectivity index (χ3n) is 4.81. The van der Waals surface area contributed by atoms with E-state index in [1.807, 2.05) is 0 Å². The van der Waals surface area contributed by atoms with Crippen LogP contribution in [-0.4, -0.2) is 58.0 Å². The molecule has 0 spiro atoms. The van der Waals surface area contributed by atoms with Gasteiger partial charge in [0.2, 0.25) is 0 Å². The second kappa shape index (κ2) is 20.4. The van der Waals surface area contributed by atoms with Crippen LogP contribution >= 0.6 is 12.6 Å². The molecule has 0 saturated heterocycles. The Hall–Kier alpha value is -1.22. The first-order valence-corrected chi connectivity index (χ1v) is 12.2. The van der Waals surface area contributed by atoms with E-state index in [0.717, 1.165) is 30.9 Å². The quantitative estimate of drug-likeness (QED) is 0.142. The predicted octanol–water partition coefficient (Wildman–Crippen LogP) is 5.61. The number of rotatable bonds is 21. The third kappa shape index (κ3) is 15.6. The largest absolute Gasteiger partial charge is 0.460 e. The third-order valence-corrected chi connectivity index (χ3v) is 5.12. The number of carbonyl (C=O) groups excluding carboxylic acids is 1. The number of benzene rings is 1. The van der Waals surface area contributed by atoms with Gasteiger partial charge in [-0.15, -0.1) is 0 Å². The van der Waals surface area contributed by atoms with E-state index >= 15 is 0 Å². The second-order valence-electron chi connectivity index (χ2n) is 7.51. The van der Waals surface area contributed by atoms with Crippen molar-refractivity contribution >= 4 is 18.6 Å². The zero-order valence-corrected chi connectivity index (χ0v) is 19.9. The van der Waals surface area contributed by atoms with Crippen molar-refractivity contribution in [2.24, 2.45) is 0 Å². The number of halogens is 2. The van der Waals surface area contributed by atoms with Crippen molar-refractivity contribution in [3.8, 4) is 0 Å². The van der Waals surface area contributed by atoms with Crippen molar-refractivity contribution in [1.29, 1.82) is 0 Å². The fourth-order valence-corrected chi connectivity index (χ4v) is 3.22. The molecule has 0 fully saturated rings. The SMILES string of the molecule is O=C(OCCOCCOCCOCCCCCCCCCCCS)c1ccc(F)c(F)c1. The first-order chi connectivity index (χ1) is 15.6. The molecular weight excluding hydrogens is 438 g/mol. The van der Waals surface area contributed by atoms with Crippen LogP contribution in [-0.2, 0) is 18.9 Å². The lowest BCUT2D eigenvalue weighted by atomic mass is 10.1. The number of esters is 1. The molecule has 0 amide bonds. The zero-order valence-electron chi connectivity index (χ0n) is 19.0. The Morgan fingerprint density at radius 3 is 1.72 bits per heavy atom. The summed E-state index contributed by atoms with van der Waals surface area (Å²) in [4.78, 5) is 11.7. The van der Waals surface area contributed by atoms with Crippen LogP contribution in [0.25, 0.3) is 0 Å². The van der Waals surface area contributed by atoms with E-state index < -0.39 is 17.6 Å². The van der Waals surface area contributed by atoms with E-state index in [0.29, 0.717) is 26.4 Å². The van der Waals surface area contributed by atoms with E-state index in [9.17, 15) is 13.6 Å². The van der Waals surface area contributed by atoms with Gasteiger partial charge in [-0.3, -0.25) is 0 Å². The van der Waals surface area contributed by atoms with Crippen molar-refractivity contribution in [3.63, 3.8) is 0 Å². The van der Waals surface area contributed by atoms with Crippen LogP contribution in [0.3, 0.4) is 0 Å². The van der Waals surface area contributed by atoms with Crippen LogP contribution in [0.15, 0.2) is 18.2 Å². The minimum absolute atomic E-state index is 0.0248. The van der Waals surface area contributed by atoms with Crippen LogP contribution in [0.4, 0.5) is 8.78 Å². The van der Waals surface area contributed by atoms with Crippen molar-refractivity contribution in [3.05, 3.63) is 35.4 Å². The molecule has 184 valence electrons. The molecule has 1 rings (SSSR count). The molecule has 1 aromatic carbocycles. The highest BCUT2D eigenvalue weighted by molar-refractivity contribution is 7.80. The lowest BCUT2D eigenvalue weighted by molar-refractivity contribution is 0.000170. The van der Waals surface area contributed by atoms with Gasteiger partial charge >= 0.3 is 5.97 Å².